The first kappa shape index (κ1) is 8.06. The van der Waals surface area contributed by atoms with Gasteiger partial charge in [0.15, 0.2) is 0 Å². The minimum atomic E-state index is 1.01. The maximum Gasteiger partial charge on any atom is 0.000621 e. The summed E-state index contributed by atoms with van der Waals surface area (Å²) in [5, 5.41) is 0. The van der Waals surface area contributed by atoms with Gasteiger partial charge in [0.2, 0.25) is 0 Å². The second-order valence-corrected chi connectivity index (χ2v) is 3.77. The molecule has 0 radical (unpaired) electrons. The molecule has 1 fully saturated rings. The topological polar surface area (TPSA) is 3.24 Å². The number of hydrogen-bond donors (Lipinski definition) is 0. The third-order valence-electron chi connectivity index (χ3n) is 2.70. The van der Waals surface area contributed by atoms with E-state index < -0.39 is 0 Å². The number of rotatable bonds is 3. The third-order valence-corrected chi connectivity index (χ3v) is 2.70. The minimum absolute atomic E-state index is 1.01. The first-order chi connectivity index (χ1) is 4.74. The fourth-order valence-corrected chi connectivity index (χ4v) is 1.88. The highest BCUT2D eigenvalue weighted by atomic mass is 15.1. The molecule has 0 aliphatic heterocycles. The van der Waals surface area contributed by atoms with Crippen LogP contribution >= 0.6 is 0 Å². The molecule has 0 N–H and O–H groups in total. The molecule has 0 heterocycles. The molecule has 0 aromatic carbocycles. The van der Waals surface area contributed by atoms with Gasteiger partial charge in [-0.25, -0.2) is 0 Å². The first-order valence-corrected chi connectivity index (χ1v) is 4.38. The molecule has 1 aliphatic rings. The molecule has 0 bridgehead atoms. The molecule has 0 aromatic rings. The highest BCUT2D eigenvalue weighted by Crippen LogP contribution is 2.36. The minimum Gasteiger partial charge on any atom is -0.309 e. The maximum absolute atomic E-state index is 2.31. The molecule has 2 atom stereocenters. The van der Waals surface area contributed by atoms with Gasteiger partial charge in [0.25, 0.3) is 0 Å². The van der Waals surface area contributed by atoms with Gasteiger partial charge in [-0.1, -0.05) is 13.3 Å². The van der Waals surface area contributed by atoms with E-state index in [0.717, 1.165) is 11.8 Å². The third kappa shape index (κ3) is 1.72. The fraction of sp³-hybridized carbons (Fsp3) is 1.00. The molecule has 1 rings (SSSR count). The van der Waals surface area contributed by atoms with Crippen molar-refractivity contribution in [2.75, 3.05) is 20.6 Å². The van der Waals surface area contributed by atoms with Crippen LogP contribution in [0.5, 0.6) is 0 Å². The molecule has 0 spiro atoms. The molecular weight excluding hydrogens is 122 g/mol. The van der Waals surface area contributed by atoms with Gasteiger partial charge < -0.3 is 4.90 Å². The van der Waals surface area contributed by atoms with Gasteiger partial charge in [-0.3, -0.25) is 0 Å². The summed E-state index contributed by atoms with van der Waals surface area (Å²) in [6, 6.07) is 0. The van der Waals surface area contributed by atoms with E-state index in [4.69, 9.17) is 0 Å². The summed E-state index contributed by atoms with van der Waals surface area (Å²) >= 11 is 0. The maximum atomic E-state index is 2.31. The largest absolute Gasteiger partial charge is 0.309 e. The molecule has 0 saturated heterocycles. The summed E-state index contributed by atoms with van der Waals surface area (Å²) in [5.41, 5.74) is 0. The van der Waals surface area contributed by atoms with Gasteiger partial charge in [0, 0.05) is 6.54 Å². The zero-order valence-electron chi connectivity index (χ0n) is 7.43. The van der Waals surface area contributed by atoms with Crippen LogP contribution in [0.2, 0.25) is 0 Å². The lowest BCUT2D eigenvalue weighted by atomic mass is 9.72. The van der Waals surface area contributed by atoms with E-state index in [1.807, 2.05) is 0 Å². The van der Waals surface area contributed by atoms with E-state index in [1.54, 1.807) is 0 Å². The monoisotopic (exact) mass is 141 g/mol. The number of hydrogen-bond acceptors (Lipinski definition) is 1. The van der Waals surface area contributed by atoms with Crippen molar-refractivity contribution in [2.24, 2.45) is 11.8 Å². The predicted octanol–water partition coefficient (Wildman–Crippen LogP) is 1.98. The van der Waals surface area contributed by atoms with Gasteiger partial charge >= 0.3 is 0 Å². The Hall–Kier alpha value is -0.0400. The Morgan fingerprint density at radius 2 is 1.80 bits per heavy atom. The average Bonchev–Trinajstić information content (AvgIpc) is 1.82. The zero-order chi connectivity index (χ0) is 7.56. The Kier molecular flexibility index (Phi) is 2.72. The van der Waals surface area contributed by atoms with Crippen LogP contribution in [0.1, 0.15) is 26.2 Å². The highest BCUT2D eigenvalue weighted by molar-refractivity contribution is 4.80. The summed E-state index contributed by atoms with van der Waals surface area (Å²) in [6.07, 6.45) is 4.34. The second-order valence-electron chi connectivity index (χ2n) is 3.77. The molecule has 60 valence electrons. The van der Waals surface area contributed by atoms with Crippen LogP contribution in [0.3, 0.4) is 0 Å². The SMILES string of the molecule is CCC1CCC1CN(C)C. The summed E-state index contributed by atoms with van der Waals surface area (Å²) in [5.74, 6) is 2.06. The van der Waals surface area contributed by atoms with Crippen molar-refractivity contribution in [3.05, 3.63) is 0 Å². The van der Waals surface area contributed by atoms with Gasteiger partial charge in [-0.2, -0.15) is 0 Å². The van der Waals surface area contributed by atoms with E-state index in [-0.39, 0.29) is 0 Å². The van der Waals surface area contributed by atoms with Crippen LogP contribution in [0, 0.1) is 11.8 Å². The normalized spacial score (nSPS) is 32.4. The van der Waals surface area contributed by atoms with Gasteiger partial charge in [-0.15, -0.1) is 0 Å². The van der Waals surface area contributed by atoms with Gasteiger partial charge in [0.05, 0.1) is 0 Å². The molecule has 1 heteroatoms. The Morgan fingerprint density at radius 1 is 1.20 bits per heavy atom. The van der Waals surface area contributed by atoms with Crippen molar-refractivity contribution < 1.29 is 0 Å². The lowest BCUT2D eigenvalue weighted by molar-refractivity contribution is 0.130. The second kappa shape index (κ2) is 3.38. The average molecular weight is 141 g/mol. The molecular formula is C9H19N. The van der Waals surface area contributed by atoms with Crippen LogP contribution < -0.4 is 0 Å². The first-order valence-electron chi connectivity index (χ1n) is 4.38. The summed E-state index contributed by atoms with van der Waals surface area (Å²) in [4.78, 5) is 2.31. The van der Waals surface area contributed by atoms with E-state index >= 15 is 0 Å². The molecule has 1 aliphatic carbocycles. The quantitative estimate of drug-likeness (QED) is 0.581. The van der Waals surface area contributed by atoms with E-state index in [0.29, 0.717) is 0 Å². The molecule has 1 nitrogen and oxygen atoms in total. The Balaban J connectivity index is 2.16. The smallest absolute Gasteiger partial charge is 0.000621 e. The van der Waals surface area contributed by atoms with Crippen molar-refractivity contribution in [1.29, 1.82) is 0 Å². The van der Waals surface area contributed by atoms with Crippen LogP contribution in [0.4, 0.5) is 0 Å². The van der Waals surface area contributed by atoms with Gasteiger partial charge in [-0.05, 0) is 38.8 Å². The lowest BCUT2D eigenvalue weighted by Crippen LogP contribution is -2.34. The fourth-order valence-electron chi connectivity index (χ4n) is 1.88. The van der Waals surface area contributed by atoms with Crippen molar-refractivity contribution in [2.45, 2.75) is 26.2 Å². The summed E-state index contributed by atoms with van der Waals surface area (Å²) in [7, 11) is 4.34. The molecule has 1 saturated carbocycles. The Bertz CT molecular complexity index is 96.9. The molecule has 0 aromatic heterocycles. The molecule has 0 amide bonds. The van der Waals surface area contributed by atoms with Gasteiger partial charge in [0.1, 0.15) is 0 Å². The van der Waals surface area contributed by atoms with Crippen molar-refractivity contribution >= 4 is 0 Å². The van der Waals surface area contributed by atoms with Crippen LogP contribution in [-0.4, -0.2) is 25.5 Å². The number of nitrogens with zero attached hydrogens (tertiary/aromatic N) is 1. The highest BCUT2D eigenvalue weighted by Gasteiger charge is 2.28. The molecule has 2 unspecified atom stereocenters. The van der Waals surface area contributed by atoms with Crippen LogP contribution in [0.25, 0.3) is 0 Å². The Morgan fingerprint density at radius 3 is 2.10 bits per heavy atom. The zero-order valence-corrected chi connectivity index (χ0v) is 7.43. The molecule has 10 heavy (non-hydrogen) atoms. The van der Waals surface area contributed by atoms with E-state index in [2.05, 4.69) is 25.9 Å². The van der Waals surface area contributed by atoms with Crippen LogP contribution in [-0.2, 0) is 0 Å². The predicted molar refractivity (Wildman–Crippen MR) is 45.1 cm³/mol. The van der Waals surface area contributed by atoms with E-state index in [1.165, 1.54) is 25.8 Å². The summed E-state index contributed by atoms with van der Waals surface area (Å²) < 4.78 is 0. The van der Waals surface area contributed by atoms with Crippen molar-refractivity contribution in [1.82, 2.24) is 4.90 Å². The van der Waals surface area contributed by atoms with Crippen LogP contribution in [0.15, 0.2) is 0 Å². The van der Waals surface area contributed by atoms with E-state index in [9.17, 15) is 0 Å². The Labute approximate surface area is 64.4 Å². The lowest BCUT2D eigenvalue weighted by Gasteiger charge is -2.37. The van der Waals surface area contributed by atoms with Crippen molar-refractivity contribution in [3.63, 3.8) is 0 Å². The van der Waals surface area contributed by atoms with Crippen molar-refractivity contribution in [3.8, 4) is 0 Å². The standard InChI is InChI=1S/C9H19N/c1-4-8-5-6-9(8)7-10(2)3/h8-9H,4-7H2,1-3H3. The summed E-state index contributed by atoms with van der Waals surface area (Å²) in [6.45, 7) is 3.62.